The number of halogens is 2. The number of ether oxygens (including phenoxy) is 1. The molecule has 2 aromatic carbocycles. The summed E-state index contributed by atoms with van der Waals surface area (Å²) >= 11 is 0. The van der Waals surface area contributed by atoms with E-state index in [0.29, 0.717) is 55.8 Å². The van der Waals surface area contributed by atoms with Crippen LogP contribution < -0.4 is 10.1 Å². The van der Waals surface area contributed by atoms with Gasteiger partial charge in [-0.3, -0.25) is 9.48 Å². The predicted octanol–water partition coefficient (Wildman–Crippen LogP) is 4.23. The van der Waals surface area contributed by atoms with Gasteiger partial charge in [0.1, 0.15) is 5.75 Å². The molecule has 0 radical (unpaired) electrons. The molecule has 0 spiro atoms. The van der Waals surface area contributed by atoms with Crippen molar-refractivity contribution in [2.45, 2.75) is 19.4 Å². The molecule has 172 valence electrons. The number of alkyl halides is 2. The van der Waals surface area contributed by atoms with E-state index in [1.54, 1.807) is 29.9 Å². The number of methoxy groups -OCH3 is 1. The number of nitriles is 1. The molecule has 2 aromatic heterocycles. The fraction of sp³-hybridized carbons (Fsp3) is 0.250. The van der Waals surface area contributed by atoms with Crippen molar-refractivity contribution in [3.8, 4) is 34.2 Å². The first kappa shape index (κ1) is 21.6. The Morgan fingerprint density at radius 1 is 1.24 bits per heavy atom. The van der Waals surface area contributed by atoms with E-state index in [1.807, 2.05) is 13.0 Å². The van der Waals surface area contributed by atoms with Gasteiger partial charge in [0.25, 0.3) is 5.91 Å². The third-order valence-corrected chi connectivity index (χ3v) is 6.14. The van der Waals surface area contributed by atoms with E-state index >= 15 is 0 Å². The Balaban J connectivity index is 1.73. The molecular formula is C24H20F2N6O2. The molecule has 0 unspecified atom stereocenters. The summed E-state index contributed by atoms with van der Waals surface area (Å²) in [4.78, 5) is 12.5. The van der Waals surface area contributed by atoms with Crippen molar-refractivity contribution in [1.82, 2.24) is 24.9 Å². The Labute approximate surface area is 193 Å². The van der Waals surface area contributed by atoms with Crippen molar-refractivity contribution in [2.75, 3.05) is 13.7 Å². The number of amides is 1. The van der Waals surface area contributed by atoms with Crippen LogP contribution in [0.1, 0.15) is 40.9 Å². The first-order chi connectivity index (χ1) is 16.3. The Bertz CT molecular complexity index is 1500. The number of aromatic nitrogens is 4. The van der Waals surface area contributed by atoms with E-state index in [1.165, 1.54) is 19.5 Å². The van der Waals surface area contributed by atoms with Crippen LogP contribution in [0, 0.1) is 11.3 Å². The molecule has 10 heteroatoms. The maximum absolute atomic E-state index is 13.0. The highest BCUT2D eigenvalue weighted by atomic mass is 19.3. The van der Waals surface area contributed by atoms with E-state index in [0.717, 1.165) is 11.1 Å². The molecular weight excluding hydrogens is 442 g/mol. The van der Waals surface area contributed by atoms with Gasteiger partial charge < -0.3 is 10.1 Å². The Morgan fingerprint density at radius 3 is 2.71 bits per heavy atom. The summed E-state index contributed by atoms with van der Waals surface area (Å²) in [6.45, 7) is -0.211. The monoisotopic (exact) mass is 462 g/mol. The molecule has 1 N–H and O–H groups in total. The van der Waals surface area contributed by atoms with Crippen LogP contribution in [-0.2, 0) is 7.05 Å². The third-order valence-electron chi connectivity index (χ3n) is 6.14. The quantitative estimate of drug-likeness (QED) is 0.490. The Kier molecular flexibility index (Phi) is 5.05. The van der Waals surface area contributed by atoms with Crippen molar-refractivity contribution >= 4 is 16.8 Å². The maximum atomic E-state index is 13.0. The first-order valence-electron chi connectivity index (χ1n) is 10.6. The molecule has 1 atom stereocenters. The van der Waals surface area contributed by atoms with Gasteiger partial charge in [-0.1, -0.05) is 6.92 Å². The second-order valence-electron chi connectivity index (χ2n) is 8.24. The second-order valence-corrected chi connectivity index (χ2v) is 8.24. The lowest BCUT2D eigenvalue weighted by Gasteiger charge is -2.25. The fourth-order valence-electron chi connectivity index (χ4n) is 4.52. The van der Waals surface area contributed by atoms with Crippen LogP contribution in [0.15, 0.2) is 36.7 Å². The average Bonchev–Trinajstić information content (AvgIpc) is 3.44. The van der Waals surface area contributed by atoms with Crippen LogP contribution in [0.2, 0.25) is 0 Å². The lowest BCUT2D eigenvalue weighted by molar-refractivity contribution is 0.0566. The summed E-state index contributed by atoms with van der Waals surface area (Å²) in [6, 6.07) is 9.33. The molecule has 0 saturated heterocycles. The van der Waals surface area contributed by atoms with Crippen LogP contribution in [0.25, 0.3) is 33.3 Å². The summed E-state index contributed by atoms with van der Waals surface area (Å²) in [5.41, 5.74) is 4.74. The molecule has 3 heterocycles. The average molecular weight is 462 g/mol. The minimum Gasteiger partial charge on any atom is -0.496 e. The molecule has 1 aliphatic rings. The summed E-state index contributed by atoms with van der Waals surface area (Å²) in [5.74, 6) is 0.341. The topological polar surface area (TPSA) is 97.8 Å². The molecule has 0 saturated carbocycles. The van der Waals surface area contributed by atoms with Gasteiger partial charge in [0.2, 0.25) is 0 Å². The number of rotatable bonds is 4. The van der Waals surface area contributed by atoms with Gasteiger partial charge in [0.15, 0.2) is 0 Å². The lowest BCUT2D eigenvalue weighted by Crippen LogP contribution is -2.34. The van der Waals surface area contributed by atoms with E-state index in [9.17, 15) is 18.8 Å². The smallest absolute Gasteiger partial charge is 0.333 e. The highest BCUT2D eigenvalue weighted by Gasteiger charge is 2.28. The third kappa shape index (κ3) is 3.28. The Hall–Kier alpha value is -4.26. The summed E-state index contributed by atoms with van der Waals surface area (Å²) in [6.07, 6.45) is 2.57. The van der Waals surface area contributed by atoms with Gasteiger partial charge in [-0.25, -0.2) is 4.68 Å². The second kappa shape index (κ2) is 7.95. The summed E-state index contributed by atoms with van der Waals surface area (Å²) in [5, 5.41) is 21.7. The van der Waals surface area contributed by atoms with Crippen molar-refractivity contribution in [2.24, 2.45) is 7.05 Å². The highest BCUT2D eigenvalue weighted by Crippen LogP contribution is 2.40. The van der Waals surface area contributed by atoms with Gasteiger partial charge in [0, 0.05) is 36.3 Å². The van der Waals surface area contributed by atoms with Crippen LogP contribution in [0.3, 0.4) is 0 Å². The molecule has 0 fully saturated rings. The molecule has 0 bridgehead atoms. The zero-order valence-electron chi connectivity index (χ0n) is 18.6. The van der Waals surface area contributed by atoms with Crippen molar-refractivity contribution in [1.29, 1.82) is 5.26 Å². The van der Waals surface area contributed by atoms with Crippen LogP contribution in [0.5, 0.6) is 5.75 Å². The molecule has 1 amide bonds. The SMILES string of the molecule is COc1cc(-c2c3c(C#N)cc(-c4cnn(C(F)F)c4)cc3nn2C)cc2c1C(=O)NC[C@@H]2C. The zero-order valence-corrected chi connectivity index (χ0v) is 18.6. The molecule has 0 aliphatic carbocycles. The van der Waals surface area contributed by atoms with E-state index in [4.69, 9.17) is 4.74 Å². The van der Waals surface area contributed by atoms with Gasteiger partial charge >= 0.3 is 6.55 Å². The highest BCUT2D eigenvalue weighted by molar-refractivity contribution is 6.03. The minimum absolute atomic E-state index is 0.0782. The van der Waals surface area contributed by atoms with Crippen molar-refractivity contribution in [3.63, 3.8) is 0 Å². The normalized spacial score (nSPS) is 15.3. The Morgan fingerprint density at radius 2 is 2.03 bits per heavy atom. The van der Waals surface area contributed by atoms with E-state index in [-0.39, 0.29) is 11.8 Å². The number of carbonyl (C=O) groups is 1. The van der Waals surface area contributed by atoms with Crippen LogP contribution in [0.4, 0.5) is 8.78 Å². The summed E-state index contributed by atoms with van der Waals surface area (Å²) < 4.78 is 33.7. The van der Waals surface area contributed by atoms with Gasteiger partial charge in [0.05, 0.1) is 41.7 Å². The van der Waals surface area contributed by atoms with Crippen molar-refractivity contribution < 1.29 is 18.3 Å². The minimum atomic E-state index is -2.75. The standard InChI is InChI=1S/C24H20F2N6O2/c1-12-9-28-23(33)21-17(12)5-14(7-19(21)34-3)22-20-15(8-27)4-13(6-18(20)30-31(22)2)16-10-29-32(11-16)24(25)26/h4-7,10-12,24H,9H2,1-3H3,(H,28,33)/t12-/m0/s1. The molecule has 1 aliphatic heterocycles. The maximum Gasteiger partial charge on any atom is 0.333 e. The number of fused-ring (bicyclic) bond motifs is 2. The zero-order chi connectivity index (χ0) is 24.1. The van der Waals surface area contributed by atoms with E-state index < -0.39 is 6.55 Å². The van der Waals surface area contributed by atoms with Crippen LogP contribution in [-0.4, -0.2) is 39.1 Å². The number of hydrogen-bond donors (Lipinski definition) is 1. The van der Waals surface area contributed by atoms with Gasteiger partial charge in [-0.15, -0.1) is 0 Å². The van der Waals surface area contributed by atoms with Crippen molar-refractivity contribution in [3.05, 3.63) is 53.3 Å². The van der Waals surface area contributed by atoms with E-state index in [2.05, 4.69) is 21.6 Å². The molecule has 5 rings (SSSR count). The largest absolute Gasteiger partial charge is 0.496 e. The first-order valence-corrected chi connectivity index (χ1v) is 10.6. The van der Waals surface area contributed by atoms with Crippen LogP contribution >= 0.6 is 0 Å². The molecule has 4 aromatic rings. The van der Waals surface area contributed by atoms with Gasteiger partial charge in [-0.05, 0) is 41.3 Å². The molecule has 34 heavy (non-hydrogen) atoms. The van der Waals surface area contributed by atoms with Gasteiger partial charge in [-0.2, -0.15) is 24.2 Å². The number of nitrogens with one attached hydrogen (secondary N) is 1. The number of aryl methyl sites for hydroxylation is 1. The summed E-state index contributed by atoms with van der Waals surface area (Å²) in [7, 11) is 3.28. The molecule has 8 nitrogen and oxygen atoms in total. The number of benzene rings is 2. The number of carbonyl (C=O) groups excluding carboxylic acids is 1. The lowest BCUT2D eigenvalue weighted by atomic mass is 9.88. The number of hydrogen-bond acceptors (Lipinski definition) is 5. The predicted molar refractivity (Wildman–Crippen MR) is 121 cm³/mol. The fourth-order valence-corrected chi connectivity index (χ4v) is 4.52. The number of nitrogens with zero attached hydrogens (tertiary/aromatic N) is 5.